The van der Waals surface area contributed by atoms with Gasteiger partial charge < -0.3 is 14.3 Å². The predicted molar refractivity (Wildman–Crippen MR) is 97.2 cm³/mol. The zero-order valence-corrected chi connectivity index (χ0v) is 17.4. The average molecular weight is 495 g/mol. The third-order valence-electron chi connectivity index (χ3n) is 6.53. The molecule has 0 radical (unpaired) electrons. The molecule has 6 rings (SSSR count). The number of rotatable bonds is 8. The molecular weight excluding hydrogens is 476 g/mol. The van der Waals surface area contributed by atoms with Crippen molar-refractivity contribution in [2.45, 2.75) is 74.3 Å². The summed E-state index contributed by atoms with van der Waals surface area (Å²) >= 11 is 0. The molecule has 0 spiro atoms. The van der Waals surface area contributed by atoms with E-state index in [0.29, 0.717) is 31.0 Å². The van der Waals surface area contributed by atoms with E-state index in [0.717, 1.165) is 0 Å². The third-order valence-corrected chi connectivity index (χ3v) is 6.53. The second-order valence-corrected chi connectivity index (χ2v) is 9.14. The van der Waals surface area contributed by atoms with Gasteiger partial charge >= 0.3 is 12.7 Å². The molecule has 2 aromatic heterocycles. The lowest BCUT2D eigenvalue weighted by molar-refractivity contribution is -0.352. The van der Waals surface area contributed by atoms with E-state index in [4.69, 9.17) is 4.42 Å². The van der Waals surface area contributed by atoms with Crippen molar-refractivity contribution in [2.24, 2.45) is 0 Å². The van der Waals surface area contributed by atoms with Gasteiger partial charge in [-0.2, -0.15) is 0 Å². The quantitative estimate of drug-likeness (QED) is 0.561. The summed E-state index contributed by atoms with van der Waals surface area (Å²) < 4.78 is 87.6. The number of nitrogens with zero attached hydrogens (tertiary/aromatic N) is 4. The lowest BCUT2D eigenvalue weighted by Gasteiger charge is -2.68. The Morgan fingerprint density at radius 1 is 1.15 bits per heavy atom. The minimum atomic E-state index is -4.72. The molecule has 9 nitrogen and oxygen atoms in total. The van der Waals surface area contributed by atoms with Crippen LogP contribution in [-0.2, 0) is 21.4 Å². The first-order valence-electron chi connectivity index (χ1n) is 10.5. The van der Waals surface area contributed by atoms with Crippen LogP contribution in [0.5, 0.6) is 0 Å². The van der Waals surface area contributed by atoms with Crippen molar-refractivity contribution in [1.82, 2.24) is 25.1 Å². The monoisotopic (exact) mass is 495 g/mol. The van der Waals surface area contributed by atoms with Gasteiger partial charge in [0.1, 0.15) is 5.69 Å². The maximum absolute atomic E-state index is 12.5. The molecule has 4 fully saturated rings. The average Bonchev–Trinajstić information content (AvgIpc) is 3.27. The van der Waals surface area contributed by atoms with Gasteiger partial charge in [-0.25, -0.2) is 4.98 Å². The van der Waals surface area contributed by atoms with Gasteiger partial charge in [-0.1, -0.05) is 0 Å². The first-order valence-corrected chi connectivity index (χ1v) is 10.5. The van der Waals surface area contributed by atoms with Crippen molar-refractivity contribution in [3.8, 4) is 0 Å². The van der Waals surface area contributed by atoms with E-state index in [9.17, 15) is 31.1 Å². The Hall–Kier alpha value is -2.68. The van der Waals surface area contributed by atoms with Gasteiger partial charge in [0, 0.05) is 24.2 Å². The molecule has 0 atom stereocenters. The van der Waals surface area contributed by atoms with Gasteiger partial charge in [0.2, 0.25) is 11.8 Å². The fourth-order valence-electron chi connectivity index (χ4n) is 4.98. The van der Waals surface area contributed by atoms with Crippen molar-refractivity contribution in [1.29, 1.82) is 0 Å². The van der Waals surface area contributed by atoms with Crippen LogP contribution in [-0.4, -0.2) is 56.6 Å². The van der Waals surface area contributed by atoms with Gasteiger partial charge in [-0.05, 0) is 32.1 Å². The van der Waals surface area contributed by atoms with E-state index in [1.807, 2.05) is 0 Å². The van der Waals surface area contributed by atoms with Crippen molar-refractivity contribution in [2.75, 3.05) is 6.61 Å². The van der Waals surface area contributed by atoms with Crippen LogP contribution in [0.2, 0.25) is 0 Å². The Bertz CT molecular complexity index is 1050. The van der Waals surface area contributed by atoms with Crippen LogP contribution in [0.1, 0.15) is 60.3 Å². The molecule has 1 amide bonds. The molecule has 0 saturated heterocycles. The Labute approximate surface area is 187 Å². The van der Waals surface area contributed by atoms with E-state index >= 15 is 0 Å². The van der Waals surface area contributed by atoms with Crippen LogP contribution < -0.4 is 5.32 Å². The predicted octanol–water partition coefficient (Wildman–Crippen LogP) is 3.19. The summed E-state index contributed by atoms with van der Waals surface area (Å²) in [5.74, 6) is -0.0147. The molecule has 15 heteroatoms. The molecule has 186 valence electrons. The molecule has 1 N–H and O–H groups in total. The SMILES string of the molecule is O=C(NC12CC(c3nnc(C4CC(OC(F)(F)F)C4)o3)(C1)C2)c1cn(CCOC(F)(F)F)cn1. The highest BCUT2D eigenvalue weighted by atomic mass is 19.4. The van der Waals surface area contributed by atoms with Gasteiger partial charge in [-0.15, -0.1) is 36.5 Å². The summed E-state index contributed by atoms with van der Waals surface area (Å²) in [6, 6.07) is 0. The summed E-state index contributed by atoms with van der Waals surface area (Å²) in [4.78, 5) is 16.4. The Balaban J connectivity index is 1.09. The Morgan fingerprint density at radius 2 is 1.85 bits per heavy atom. The third kappa shape index (κ3) is 4.50. The number of hydrogen-bond donors (Lipinski definition) is 1. The smallest absolute Gasteiger partial charge is 0.424 e. The lowest BCUT2D eigenvalue weighted by atomic mass is 9.39. The van der Waals surface area contributed by atoms with Crippen LogP contribution in [0.25, 0.3) is 0 Å². The topological polar surface area (TPSA) is 104 Å². The summed E-state index contributed by atoms with van der Waals surface area (Å²) in [6.07, 6.45) is -5.69. The minimum absolute atomic E-state index is 0.0754. The highest BCUT2D eigenvalue weighted by Crippen LogP contribution is 2.67. The molecule has 4 saturated carbocycles. The molecule has 2 heterocycles. The van der Waals surface area contributed by atoms with E-state index < -0.39 is 36.9 Å². The first kappa shape index (κ1) is 23.1. The molecule has 0 aliphatic heterocycles. The van der Waals surface area contributed by atoms with Crippen molar-refractivity contribution < 1.29 is 45.0 Å². The van der Waals surface area contributed by atoms with Gasteiger partial charge in [0.05, 0.1) is 24.5 Å². The zero-order valence-electron chi connectivity index (χ0n) is 17.4. The number of imidazole rings is 1. The van der Waals surface area contributed by atoms with Crippen LogP contribution >= 0.6 is 0 Å². The number of carbonyl (C=O) groups is 1. The molecule has 0 unspecified atom stereocenters. The Morgan fingerprint density at radius 3 is 2.50 bits per heavy atom. The van der Waals surface area contributed by atoms with Gasteiger partial charge in [-0.3, -0.25) is 14.3 Å². The maximum atomic E-state index is 12.5. The molecule has 4 aliphatic carbocycles. The van der Waals surface area contributed by atoms with Crippen molar-refractivity contribution in [3.05, 3.63) is 30.0 Å². The van der Waals surface area contributed by atoms with Crippen LogP contribution in [0.15, 0.2) is 16.9 Å². The summed E-state index contributed by atoms with van der Waals surface area (Å²) in [6.45, 7) is -0.714. The number of ether oxygens (including phenoxy) is 2. The normalized spacial score (nSPS) is 30.3. The number of amides is 1. The van der Waals surface area contributed by atoms with E-state index in [1.54, 1.807) is 0 Å². The summed E-state index contributed by atoms with van der Waals surface area (Å²) in [5, 5.41) is 11.0. The molecule has 2 bridgehead atoms. The fraction of sp³-hybridized carbons (Fsp3) is 0.684. The minimum Gasteiger partial charge on any atom is -0.424 e. The van der Waals surface area contributed by atoms with E-state index in [2.05, 4.69) is 30.0 Å². The molecule has 34 heavy (non-hydrogen) atoms. The second-order valence-electron chi connectivity index (χ2n) is 9.14. The maximum Gasteiger partial charge on any atom is 0.522 e. The van der Waals surface area contributed by atoms with E-state index in [-0.39, 0.29) is 36.4 Å². The number of hydrogen-bond acceptors (Lipinski definition) is 7. The lowest BCUT2D eigenvalue weighted by Crippen LogP contribution is -2.76. The fourth-order valence-corrected chi connectivity index (χ4v) is 4.98. The van der Waals surface area contributed by atoms with Crippen LogP contribution in [0.3, 0.4) is 0 Å². The summed E-state index contributed by atoms with van der Waals surface area (Å²) in [5.41, 5.74) is -0.735. The highest BCUT2D eigenvalue weighted by Gasteiger charge is 2.72. The van der Waals surface area contributed by atoms with Crippen molar-refractivity contribution in [3.63, 3.8) is 0 Å². The number of halogens is 6. The zero-order chi connectivity index (χ0) is 24.4. The number of alkyl halides is 6. The molecule has 0 aromatic carbocycles. The Kier molecular flexibility index (Phi) is 5.20. The van der Waals surface area contributed by atoms with Gasteiger partial charge in [0.25, 0.3) is 5.91 Å². The largest absolute Gasteiger partial charge is 0.522 e. The van der Waals surface area contributed by atoms with Crippen LogP contribution in [0.4, 0.5) is 26.3 Å². The number of carbonyl (C=O) groups excluding carboxylic acids is 1. The van der Waals surface area contributed by atoms with Crippen molar-refractivity contribution >= 4 is 5.91 Å². The second kappa shape index (κ2) is 7.66. The number of aromatic nitrogens is 4. The van der Waals surface area contributed by atoms with Crippen LogP contribution in [0, 0.1) is 0 Å². The standard InChI is InChI=1S/C19H19F6N5O4/c20-18(21,22)32-2-1-30-5-12(26-9-30)13(31)27-17-6-16(7-17,8-17)15-29-28-14(33-15)10-3-11(4-10)34-19(23,24)25/h5,9-11H,1-4,6-8H2,(H,27,31). The molecule has 2 aromatic rings. The van der Waals surface area contributed by atoms with E-state index in [1.165, 1.54) is 17.1 Å². The molecule has 4 aliphatic rings. The molecular formula is C19H19F6N5O4. The highest BCUT2D eigenvalue weighted by molar-refractivity contribution is 5.93. The first-order chi connectivity index (χ1) is 15.8. The number of nitrogens with one attached hydrogen (secondary N) is 1. The van der Waals surface area contributed by atoms with Gasteiger partial charge in [0.15, 0.2) is 0 Å². The summed E-state index contributed by atoms with van der Waals surface area (Å²) in [7, 11) is 0.